The van der Waals surface area contributed by atoms with Crippen molar-refractivity contribution >= 4 is 38.9 Å². The van der Waals surface area contributed by atoms with Crippen molar-refractivity contribution in [1.82, 2.24) is 4.57 Å². The number of hydrogen-bond donors (Lipinski definition) is 0. The molecule has 0 saturated heterocycles. The standard InChI is InChI=1S/C60H42N2/c1-5-18-43(19-6-1)45-32-34-48(35-33-45)52-26-13-15-29-56(52)62-57-30-16-14-27-54(57)55-41-40-51(42-59(55)62)61(50-38-36-46(37-39-50)44-20-7-2-8-21-44)58-31-17-28-53(47-22-9-3-10-23-47)60(58)49-24-11-4-12-25-49/h1-42H. The summed E-state index contributed by atoms with van der Waals surface area (Å²) in [4.78, 5) is 2.44. The number of benzene rings is 10. The van der Waals surface area contributed by atoms with Gasteiger partial charge in [0.15, 0.2) is 0 Å². The minimum atomic E-state index is 1.07. The first-order valence-electron chi connectivity index (χ1n) is 21.3. The molecule has 0 unspecified atom stereocenters. The first-order valence-corrected chi connectivity index (χ1v) is 21.3. The number of aromatic nitrogens is 1. The van der Waals surface area contributed by atoms with Gasteiger partial charge in [-0.25, -0.2) is 0 Å². The number of rotatable bonds is 9. The van der Waals surface area contributed by atoms with Gasteiger partial charge in [0, 0.05) is 33.3 Å². The molecule has 0 radical (unpaired) electrons. The van der Waals surface area contributed by atoms with Gasteiger partial charge in [-0.2, -0.15) is 0 Å². The van der Waals surface area contributed by atoms with Crippen LogP contribution in [0.15, 0.2) is 255 Å². The molecule has 0 saturated carbocycles. The Morgan fingerprint density at radius 2 is 0.726 bits per heavy atom. The average Bonchev–Trinajstić information content (AvgIpc) is 3.69. The van der Waals surface area contributed by atoms with Gasteiger partial charge in [0.05, 0.1) is 22.4 Å². The summed E-state index contributed by atoms with van der Waals surface area (Å²) in [6.45, 7) is 0. The zero-order valence-corrected chi connectivity index (χ0v) is 34.1. The highest BCUT2D eigenvalue weighted by Gasteiger charge is 2.23. The summed E-state index contributed by atoms with van der Waals surface area (Å²) >= 11 is 0. The van der Waals surface area contributed by atoms with Gasteiger partial charge < -0.3 is 9.47 Å². The smallest absolute Gasteiger partial charge is 0.0562 e. The number of para-hydroxylation sites is 2. The van der Waals surface area contributed by atoms with Crippen LogP contribution >= 0.6 is 0 Å². The zero-order valence-electron chi connectivity index (χ0n) is 34.1. The molecule has 10 aromatic carbocycles. The Kier molecular flexibility index (Phi) is 9.57. The molecule has 11 rings (SSSR count). The monoisotopic (exact) mass is 790 g/mol. The van der Waals surface area contributed by atoms with Crippen LogP contribution in [0, 0.1) is 0 Å². The molecule has 1 heterocycles. The van der Waals surface area contributed by atoms with Gasteiger partial charge in [-0.05, 0) is 87.0 Å². The Morgan fingerprint density at radius 1 is 0.274 bits per heavy atom. The van der Waals surface area contributed by atoms with Crippen LogP contribution < -0.4 is 4.90 Å². The highest BCUT2D eigenvalue weighted by molar-refractivity contribution is 6.11. The fraction of sp³-hybridized carbons (Fsp3) is 0. The summed E-state index contributed by atoms with van der Waals surface area (Å²) in [6, 6.07) is 92.1. The topological polar surface area (TPSA) is 8.17 Å². The van der Waals surface area contributed by atoms with Crippen LogP contribution in [0.2, 0.25) is 0 Å². The fourth-order valence-corrected chi connectivity index (χ4v) is 9.10. The summed E-state index contributed by atoms with van der Waals surface area (Å²) in [5, 5.41) is 2.43. The average molecular weight is 791 g/mol. The molecule has 0 fully saturated rings. The van der Waals surface area contributed by atoms with Crippen molar-refractivity contribution in [2.75, 3.05) is 4.90 Å². The molecule has 1 aromatic heterocycles. The van der Waals surface area contributed by atoms with Crippen LogP contribution in [-0.2, 0) is 0 Å². The predicted molar refractivity (Wildman–Crippen MR) is 263 cm³/mol. The predicted octanol–water partition coefficient (Wildman–Crippen LogP) is 16.6. The lowest BCUT2D eigenvalue weighted by molar-refractivity contribution is 1.18. The first-order chi connectivity index (χ1) is 30.8. The normalized spacial score (nSPS) is 11.2. The van der Waals surface area contributed by atoms with Crippen molar-refractivity contribution in [1.29, 1.82) is 0 Å². The van der Waals surface area contributed by atoms with Crippen molar-refractivity contribution < 1.29 is 0 Å². The Labute approximate surface area is 362 Å². The maximum Gasteiger partial charge on any atom is 0.0562 e. The van der Waals surface area contributed by atoms with Crippen LogP contribution in [0.1, 0.15) is 0 Å². The van der Waals surface area contributed by atoms with E-state index in [1.807, 2.05) is 0 Å². The van der Waals surface area contributed by atoms with Crippen LogP contribution in [-0.4, -0.2) is 4.57 Å². The van der Waals surface area contributed by atoms with Gasteiger partial charge in [0.1, 0.15) is 0 Å². The molecule has 0 spiro atoms. The Balaban J connectivity index is 1.14. The summed E-state index contributed by atoms with van der Waals surface area (Å²) in [5.41, 5.74) is 18.5. The van der Waals surface area contributed by atoms with Crippen LogP contribution in [0.25, 0.3) is 83.1 Å². The van der Waals surface area contributed by atoms with Crippen molar-refractivity contribution in [2.24, 2.45) is 0 Å². The second kappa shape index (κ2) is 16.1. The summed E-state index contributed by atoms with van der Waals surface area (Å²) in [5.74, 6) is 0. The molecule has 2 nitrogen and oxygen atoms in total. The maximum absolute atomic E-state index is 2.46. The zero-order chi connectivity index (χ0) is 41.2. The van der Waals surface area contributed by atoms with E-state index in [-0.39, 0.29) is 0 Å². The number of hydrogen-bond acceptors (Lipinski definition) is 1. The van der Waals surface area contributed by atoms with Gasteiger partial charge in [0.25, 0.3) is 0 Å². The molecule has 0 atom stereocenters. The number of nitrogens with zero attached hydrogens (tertiary/aromatic N) is 2. The quantitative estimate of drug-likeness (QED) is 0.141. The molecule has 0 aliphatic heterocycles. The summed E-state index contributed by atoms with van der Waals surface area (Å²) < 4.78 is 2.46. The van der Waals surface area contributed by atoms with E-state index in [2.05, 4.69) is 264 Å². The van der Waals surface area contributed by atoms with E-state index in [1.54, 1.807) is 0 Å². The van der Waals surface area contributed by atoms with Crippen molar-refractivity contribution in [3.8, 4) is 61.3 Å². The number of anilines is 3. The first kappa shape index (κ1) is 36.8. The van der Waals surface area contributed by atoms with Crippen LogP contribution in [0.4, 0.5) is 17.1 Å². The molecule has 11 aromatic rings. The summed E-state index contributed by atoms with van der Waals surface area (Å²) in [6.07, 6.45) is 0. The van der Waals surface area contributed by atoms with Crippen LogP contribution in [0.5, 0.6) is 0 Å². The van der Waals surface area contributed by atoms with E-state index in [9.17, 15) is 0 Å². The van der Waals surface area contributed by atoms with Crippen molar-refractivity contribution in [2.45, 2.75) is 0 Å². The Hall–Kier alpha value is -8.20. The molecular weight excluding hydrogens is 749 g/mol. The molecule has 292 valence electrons. The molecule has 0 bridgehead atoms. The molecular formula is C60H42N2. The number of fused-ring (bicyclic) bond motifs is 3. The third kappa shape index (κ3) is 6.74. The SMILES string of the molecule is c1ccc(-c2ccc(-c3ccccc3-n3c4ccccc4c4ccc(N(c5ccc(-c6ccccc6)cc5)c5cccc(-c6ccccc6)c5-c5ccccc5)cc43)cc2)cc1. The lowest BCUT2D eigenvalue weighted by Gasteiger charge is -2.29. The van der Waals surface area contributed by atoms with Gasteiger partial charge >= 0.3 is 0 Å². The largest absolute Gasteiger partial charge is 0.310 e. The highest BCUT2D eigenvalue weighted by Crippen LogP contribution is 2.47. The lowest BCUT2D eigenvalue weighted by atomic mass is 9.92. The van der Waals surface area contributed by atoms with Gasteiger partial charge in [0.2, 0.25) is 0 Å². The third-order valence-corrected chi connectivity index (χ3v) is 12.0. The van der Waals surface area contributed by atoms with Crippen molar-refractivity contribution in [3.05, 3.63) is 255 Å². The van der Waals surface area contributed by atoms with E-state index in [0.717, 1.165) is 33.8 Å². The van der Waals surface area contributed by atoms with Gasteiger partial charge in [-0.1, -0.05) is 212 Å². The Morgan fingerprint density at radius 3 is 1.39 bits per heavy atom. The third-order valence-electron chi connectivity index (χ3n) is 12.0. The van der Waals surface area contributed by atoms with Crippen LogP contribution in [0.3, 0.4) is 0 Å². The maximum atomic E-state index is 2.46. The second-order valence-electron chi connectivity index (χ2n) is 15.7. The van der Waals surface area contributed by atoms with Crippen molar-refractivity contribution in [3.63, 3.8) is 0 Å². The molecule has 0 N–H and O–H groups in total. The van der Waals surface area contributed by atoms with Gasteiger partial charge in [-0.15, -0.1) is 0 Å². The van der Waals surface area contributed by atoms with E-state index in [1.165, 1.54) is 66.4 Å². The molecule has 2 heteroatoms. The summed E-state index contributed by atoms with van der Waals surface area (Å²) in [7, 11) is 0. The van der Waals surface area contributed by atoms with E-state index in [0.29, 0.717) is 0 Å². The Bertz CT molecular complexity index is 3300. The minimum Gasteiger partial charge on any atom is -0.310 e. The molecule has 0 amide bonds. The fourth-order valence-electron chi connectivity index (χ4n) is 9.10. The highest BCUT2D eigenvalue weighted by atomic mass is 15.1. The van der Waals surface area contributed by atoms with Gasteiger partial charge in [-0.3, -0.25) is 0 Å². The second-order valence-corrected chi connectivity index (χ2v) is 15.7. The molecule has 0 aliphatic carbocycles. The van der Waals surface area contributed by atoms with E-state index in [4.69, 9.17) is 0 Å². The lowest BCUT2D eigenvalue weighted by Crippen LogP contribution is -2.12. The molecule has 62 heavy (non-hydrogen) atoms. The minimum absolute atomic E-state index is 1.07. The van der Waals surface area contributed by atoms with E-state index < -0.39 is 0 Å². The molecule has 0 aliphatic rings. The van der Waals surface area contributed by atoms with E-state index >= 15 is 0 Å².